The van der Waals surface area contributed by atoms with Crippen LogP contribution in [-0.4, -0.2) is 23.0 Å². The van der Waals surface area contributed by atoms with Gasteiger partial charge < -0.3 is 10.6 Å². The summed E-state index contributed by atoms with van der Waals surface area (Å²) in [5, 5.41) is 20.1. The Labute approximate surface area is 137 Å². The van der Waals surface area contributed by atoms with Crippen molar-refractivity contribution >= 4 is 39.4 Å². The maximum absolute atomic E-state index is 10.9. The van der Waals surface area contributed by atoms with Crippen molar-refractivity contribution in [2.75, 3.05) is 18.4 Å². The first-order chi connectivity index (χ1) is 10.6. The van der Waals surface area contributed by atoms with Crippen LogP contribution < -0.4 is 10.6 Å². The molecule has 1 aromatic carbocycles. The van der Waals surface area contributed by atoms with Gasteiger partial charge in [0, 0.05) is 30.1 Å². The first-order valence-corrected chi connectivity index (χ1v) is 8.22. The molecule has 0 aliphatic rings. The molecule has 0 unspecified atom stereocenters. The number of benzene rings is 1. The van der Waals surface area contributed by atoms with Crippen LogP contribution in [0.4, 0.5) is 16.5 Å². The SMILES string of the molecule is CCCNCCc1csc(Nc2ccc(Cl)c([N+](=O)[O-])c2)n1. The van der Waals surface area contributed by atoms with Crippen molar-refractivity contribution in [2.24, 2.45) is 0 Å². The summed E-state index contributed by atoms with van der Waals surface area (Å²) in [6, 6.07) is 4.61. The second kappa shape index (κ2) is 8.07. The first-order valence-electron chi connectivity index (χ1n) is 6.96. The molecule has 2 rings (SSSR count). The van der Waals surface area contributed by atoms with Crippen LogP contribution in [0.25, 0.3) is 0 Å². The molecule has 0 saturated heterocycles. The lowest BCUT2D eigenvalue weighted by Gasteiger charge is -2.03. The Hall–Kier alpha value is -1.70. The van der Waals surface area contributed by atoms with Crippen LogP contribution in [0.5, 0.6) is 0 Å². The van der Waals surface area contributed by atoms with Gasteiger partial charge in [0.25, 0.3) is 5.69 Å². The molecule has 0 radical (unpaired) electrons. The number of nitrogens with one attached hydrogen (secondary N) is 2. The summed E-state index contributed by atoms with van der Waals surface area (Å²) in [4.78, 5) is 14.8. The average Bonchev–Trinajstić information content (AvgIpc) is 2.93. The molecule has 8 heteroatoms. The van der Waals surface area contributed by atoms with Gasteiger partial charge in [0.1, 0.15) is 5.02 Å². The maximum Gasteiger partial charge on any atom is 0.289 e. The van der Waals surface area contributed by atoms with E-state index in [0.717, 1.165) is 31.6 Å². The van der Waals surface area contributed by atoms with Crippen molar-refractivity contribution in [1.82, 2.24) is 10.3 Å². The standard InChI is InChI=1S/C14H17ClN4O2S/c1-2-6-16-7-5-11-9-22-14(18-11)17-10-3-4-12(15)13(8-10)19(20)21/h3-4,8-9,16H,2,5-7H2,1H3,(H,17,18). The van der Waals surface area contributed by atoms with Gasteiger partial charge in [0.2, 0.25) is 0 Å². The second-order valence-electron chi connectivity index (χ2n) is 4.69. The minimum absolute atomic E-state index is 0.118. The molecule has 0 saturated carbocycles. The van der Waals surface area contributed by atoms with Crippen molar-refractivity contribution in [2.45, 2.75) is 19.8 Å². The molecular weight excluding hydrogens is 324 g/mol. The Morgan fingerprint density at radius 2 is 2.23 bits per heavy atom. The molecule has 0 aliphatic carbocycles. The van der Waals surface area contributed by atoms with Crippen molar-refractivity contribution in [1.29, 1.82) is 0 Å². The quantitative estimate of drug-likeness (QED) is 0.431. The minimum Gasteiger partial charge on any atom is -0.331 e. The Balaban J connectivity index is 1.98. The highest BCUT2D eigenvalue weighted by atomic mass is 35.5. The molecule has 0 fully saturated rings. The monoisotopic (exact) mass is 340 g/mol. The molecule has 118 valence electrons. The summed E-state index contributed by atoms with van der Waals surface area (Å²) in [6.07, 6.45) is 1.97. The van der Waals surface area contributed by atoms with Gasteiger partial charge in [-0.05, 0) is 25.1 Å². The molecule has 22 heavy (non-hydrogen) atoms. The molecule has 0 spiro atoms. The van der Waals surface area contributed by atoms with Crippen LogP contribution in [-0.2, 0) is 6.42 Å². The third kappa shape index (κ3) is 4.66. The van der Waals surface area contributed by atoms with E-state index in [9.17, 15) is 10.1 Å². The Morgan fingerprint density at radius 1 is 1.41 bits per heavy atom. The number of nitro benzene ring substituents is 1. The summed E-state index contributed by atoms with van der Waals surface area (Å²) in [5.41, 5.74) is 1.48. The number of hydrogen-bond acceptors (Lipinski definition) is 6. The van der Waals surface area contributed by atoms with Crippen molar-refractivity contribution in [3.63, 3.8) is 0 Å². The highest BCUT2D eigenvalue weighted by Gasteiger charge is 2.13. The number of halogens is 1. The molecule has 0 amide bonds. The largest absolute Gasteiger partial charge is 0.331 e. The summed E-state index contributed by atoms with van der Waals surface area (Å²) in [7, 11) is 0. The van der Waals surface area contributed by atoms with E-state index >= 15 is 0 Å². The van der Waals surface area contributed by atoms with E-state index in [4.69, 9.17) is 11.6 Å². The van der Waals surface area contributed by atoms with Crippen molar-refractivity contribution in [3.8, 4) is 0 Å². The zero-order valence-electron chi connectivity index (χ0n) is 12.1. The van der Waals surface area contributed by atoms with Crippen LogP contribution in [0, 0.1) is 10.1 Å². The van der Waals surface area contributed by atoms with E-state index in [-0.39, 0.29) is 10.7 Å². The van der Waals surface area contributed by atoms with Crippen LogP contribution >= 0.6 is 22.9 Å². The normalized spacial score (nSPS) is 10.6. The van der Waals surface area contributed by atoms with Gasteiger partial charge >= 0.3 is 0 Å². The zero-order valence-corrected chi connectivity index (χ0v) is 13.7. The van der Waals surface area contributed by atoms with E-state index in [1.165, 1.54) is 23.5 Å². The zero-order chi connectivity index (χ0) is 15.9. The van der Waals surface area contributed by atoms with Gasteiger partial charge in [-0.25, -0.2) is 4.98 Å². The van der Waals surface area contributed by atoms with Crippen LogP contribution in [0.3, 0.4) is 0 Å². The summed E-state index contributed by atoms with van der Waals surface area (Å²) < 4.78 is 0. The van der Waals surface area contributed by atoms with Gasteiger partial charge in [0.05, 0.1) is 10.6 Å². The number of thiazole rings is 1. The van der Waals surface area contributed by atoms with Gasteiger partial charge in [-0.15, -0.1) is 11.3 Å². The molecule has 2 N–H and O–H groups in total. The molecule has 2 aromatic rings. The fourth-order valence-corrected chi connectivity index (χ4v) is 2.80. The highest BCUT2D eigenvalue weighted by molar-refractivity contribution is 7.13. The number of hydrogen-bond donors (Lipinski definition) is 2. The molecule has 1 aromatic heterocycles. The number of rotatable bonds is 8. The van der Waals surface area contributed by atoms with Gasteiger partial charge in [-0.3, -0.25) is 10.1 Å². The summed E-state index contributed by atoms with van der Waals surface area (Å²) in [5.74, 6) is 0. The predicted molar refractivity (Wildman–Crippen MR) is 90.4 cm³/mol. The Morgan fingerprint density at radius 3 is 2.95 bits per heavy atom. The smallest absolute Gasteiger partial charge is 0.289 e. The average molecular weight is 341 g/mol. The molecule has 0 aliphatic heterocycles. The lowest BCUT2D eigenvalue weighted by molar-refractivity contribution is -0.384. The lowest BCUT2D eigenvalue weighted by Crippen LogP contribution is -2.17. The van der Waals surface area contributed by atoms with E-state index in [1.807, 2.05) is 5.38 Å². The fraction of sp³-hybridized carbons (Fsp3) is 0.357. The number of aromatic nitrogens is 1. The molecule has 0 bridgehead atoms. The van der Waals surface area contributed by atoms with Crippen LogP contribution in [0.1, 0.15) is 19.0 Å². The molecule has 6 nitrogen and oxygen atoms in total. The van der Waals surface area contributed by atoms with Gasteiger partial charge in [-0.2, -0.15) is 0 Å². The third-order valence-corrected chi connectivity index (χ3v) is 4.06. The topological polar surface area (TPSA) is 80.1 Å². The highest BCUT2D eigenvalue weighted by Crippen LogP contribution is 2.29. The number of anilines is 2. The van der Waals surface area contributed by atoms with Crippen LogP contribution in [0.2, 0.25) is 5.02 Å². The summed E-state index contributed by atoms with van der Waals surface area (Å²) >= 11 is 7.27. The predicted octanol–water partition coefficient (Wildman–Crippen LogP) is 3.99. The van der Waals surface area contributed by atoms with Crippen molar-refractivity contribution < 1.29 is 4.92 Å². The van der Waals surface area contributed by atoms with Crippen molar-refractivity contribution in [3.05, 3.63) is 44.4 Å². The maximum atomic E-state index is 10.9. The van der Waals surface area contributed by atoms with E-state index in [0.29, 0.717) is 10.8 Å². The Bertz CT molecular complexity index is 648. The van der Waals surface area contributed by atoms with E-state index < -0.39 is 4.92 Å². The third-order valence-electron chi connectivity index (χ3n) is 2.93. The van der Waals surface area contributed by atoms with Gasteiger partial charge in [-0.1, -0.05) is 18.5 Å². The second-order valence-corrected chi connectivity index (χ2v) is 5.96. The minimum atomic E-state index is -0.500. The number of nitrogens with zero attached hydrogens (tertiary/aromatic N) is 2. The van der Waals surface area contributed by atoms with E-state index in [2.05, 4.69) is 22.5 Å². The van der Waals surface area contributed by atoms with E-state index in [1.54, 1.807) is 6.07 Å². The lowest BCUT2D eigenvalue weighted by atomic mass is 10.3. The summed E-state index contributed by atoms with van der Waals surface area (Å²) in [6.45, 7) is 4.02. The number of nitro groups is 1. The molecule has 1 heterocycles. The van der Waals surface area contributed by atoms with Crippen LogP contribution in [0.15, 0.2) is 23.6 Å². The Kier molecular flexibility index (Phi) is 6.11. The molecular formula is C14H17ClN4O2S. The van der Waals surface area contributed by atoms with Gasteiger partial charge in [0.15, 0.2) is 5.13 Å². The first kappa shape index (κ1) is 16.7. The molecule has 0 atom stereocenters. The fourth-order valence-electron chi connectivity index (χ4n) is 1.85.